The molecule has 0 radical (unpaired) electrons. The molecule has 0 unspecified atom stereocenters. The molecule has 1 aromatic carbocycles. The van der Waals surface area contributed by atoms with Gasteiger partial charge in [-0.2, -0.15) is 0 Å². The third kappa shape index (κ3) is 4.05. The van der Waals surface area contributed by atoms with Crippen LogP contribution in [-0.4, -0.2) is 29.9 Å². The number of nitrogens with one attached hydrogen (secondary N) is 1. The number of hydrogen-bond donors (Lipinski definition) is 1. The number of benzene rings is 1. The van der Waals surface area contributed by atoms with E-state index in [0.717, 1.165) is 11.0 Å². The van der Waals surface area contributed by atoms with E-state index in [-0.39, 0.29) is 11.9 Å². The molecule has 0 saturated heterocycles. The fourth-order valence-corrected chi connectivity index (χ4v) is 2.50. The molecule has 1 aliphatic rings. The van der Waals surface area contributed by atoms with Gasteiger partial charge in [-0.1, -0.05) is 28.1 Å². The number of amides is 1. The van der Waals surface area contributed by atoms with Crippen molar-refractivity contribution in [2.24, 2.45) is 0 Å². The van der Waals surface area contributed by atoms with Crippen molar-refractivity contribution >= 4 is 21.8 Å². The molecule has 1 aliphatic carbocycles. The standard InChI is InChI=1S/C15H21BrN2O/c1-3-18(14-8-9-14)15(19)10-17-11(2)12-4-6-13(16)7-5-12/h4-7,11,14,17H,3,8-10H2,1-2H3/t11-/m1/s1. The van der Waals surface area contributed by atoms with E-state index in [1.807, 2.05) is 24.0 Å². The topological polar surface area (TPSA) is 32.3 Å². The molecule has 1 amide bonds. The highest BCUT2D eigenvalue weighted by atomic mass is 79.9. The Morgan fingerprint density at radius 2 is 2.05 bits per heavy atom. The smallest absolute Gasteiger partial charge is 0.236 e. The number of carbonyl (C=O) groups excluding carboxylic acids is 1. The molecule has 19 heavy (non-hydrogen) atoms. The van der Waals surface area contributed by atoms with E-state index in [9.17, 15) is 4.79 Å². The van der Waals surface area contributed by atoms with Gasteiger partial charge in [0.25, 0.3) is 0 Å². The first-order valence-electron chi connectivity index (χ1n) is 6.90. The summed E-state index contributed by atoms with van der Waals surface area (Å²) in [4.78, 5) is 14.1. The van der Waals surface area contributed by atoms with Gasteiger partial charge in [-0.25, -0.2) is 0 Å². The number of carbonyl (C=O) groups is 1. The summed E-state index contributed by atoms with van der Waals surface area (Å²) in [5.41, 5.74) is 1.20. The Morgan fingerprint density at radius 3 is 2.58 bits per heavy atom. The van der Waals surface area contributed by atoms with E-state index in [1.165, 1.54) is 18.4 Å². The Bertz CT molecular complexity index is 428. The minimum Gasteiger partial charge on any atom is -0.339 e. The summed E-state index contributed by atoms with van der Waals surface area (Å²) in [5.74, 6) is 0.217. The van der Waals surface area contributed by atoms with Crippen LogP contribution in [0.3, 0.4) is 0 Å². The average molecular weight is 325 g/mol. The molecule has 0 aromatic heterocycles. The third-order valence-corrected chi connectivity index (χ3v) is 4.11. The molecule has 1 atom stereocenters. The third-order valence-electron chi connectivity index (χ3n) is 3.58. The van der Waals surface area contributed by atoms with Gasteiger partial charge in [-0.05, 0) is 44.4 Å². The zero-order valence-corrected chi connectivity index (χ0v) is 13.1. The normalized spacial score (nSPS) is 16.2. The summed E-state index contributed by atoms with van der Waals surface area (Å²) in [6, 6.07) is 8.89. The predicted octanol–water partition coefficient (Wildman–Crippen LogP) is 3.11. The van der Waals surface area contributed by atoms with Gasteiger partial charge in [0.1, 0.15) is 0 Å². The number of likely N-dealkylation sites (N-methyl/N-ethyl adjacent to an activating group) is 1. The fourth-order valence-electron chi connectivity index (χ4n) is 2.24. The largest absolute Gasteiger partial charge is 0.339 e. The van der Waals surface area contributed by atoms with Crippen LogP contribution in [0, 0.1) is 0 Å². The molecule has 1 fully saturated rings. The Hall–Kier alpha value is -0.870. The van der Waals surface area contributed by atoms with E-state index in [0.29, 0.717) is 12.6 Å². The van der Waals surface area contributed by atoms with Crippen LogP contribution in [0.15, 0.2) is 28.7 Å². The van der Waals surface area contributed by atoms with Gasteiger partial charge < -0.3 is 10.2 Å². The monoisotopic (exact) mass is 324 g/mol. The number of rotatable bonds is 6. The molecule has 0 spiro atoms. The highest BCUT2D eigenvalue weighted by Gasteiger charge is 2.31. The van der Waals surface area contributed by atoms with Crippen LogP contribution in [0.1, 0.15) is 38.3 Å². The van der Waals surface area contributed by atoms with Gasteiger partial charge in [0, 0.05) is 23.1 Å². The molecule has 104 valence electrons. The highest BCUT2D eigenvalue weighted by Crippen LogP contribution is 2.26. The predicted molar refractivity (Wildman–Crippen MR) is 81.0 cm³/mol. The first-order chi connectivity index (χ1) is 9.11. The van der Waals surface area contributed by atoms with Crippen molar-refractivity contribution in [2.45, 2.75) is 38.8 Å². The molecule has 0 aliphatic heterocycles. The lowest BCUT2D eigenvalue weighted by Crippen LogP contribution is -2.40. The molecule has 3 nitrogen and oxygen atoms in total. The summed E-state index contributed by atoms with van der Waals surface area (Å²) >= 11 is 3.43. The van der Waals surface area contributed by atoms with E-state index < -0.39 is 0 Å². The second-order valence-corrected chi connectivity index (χ2v) is 5.98. The first-order valence-corrected chi connectivity index (χ1v) is 7.69. The average Bonchev–Trinajstić information content (AvgIpc) is 3.22. The van der Waals surface area contributed by atoms with Crippen molar-refractivity contribution in [3.05, 3.63) is 34.3 Å². The number of hydrogen-bond acceptors (Lipinski definition) is 2. The second-order valence-electron chi connectivity index (χ2n) is 5.07. The van der Waals surface area contributed by atoms with Crippen molar-refractivity contribution in [2.75, 3.05) is 13.1 Å². The minimum absolute atomic E-state index is 0.190. The van der Waals surface area contributed by atoms with Crippen molar-refractivity contribution in [1.29, 1.82) is 0 Å². The summed E-state index contributed by atoms with van der Waals surface area (Å²) in [5, 5.41) is 3.31. The fraction of sp³-hybridized carbons (Fsp3) is 0.533. The van der Waals surface area contributed by atoms with Gasteiger partial charge >= 0.3 is 0 Å². The Kier molecular flexibility index (Phi) is 4.99. The lowest BCUT2D eigenvalue weighted by molar-refractivity contribution is -0.130. The number of halogens is 1. The maximum absolute atomic E-state index is 12.1. The van der Waals surface area contributed by atoms with Crippen LogP contribution in [-0.2, 0) is 4.79 Å². The zero-order chi connectivity index (χ0) is 13.8. The second kappa shape index (κ2) is 6.53. The lowest BCUT2D eigenvalue weighted by atomic mass is 10.1. The summed E-state index contributed by atoms with van der Waals surface area (Å²) in [6.07, 6.45) is 2.34. The zero-order valence-electron chi connectivity index (χ0n) is 11.5. The molecule has 1 saturated carbocycles. The molecule has 1 N–H and O–H groups in total. The molecule has 0 bridgehead atoms. The van der Waals surface area contributed by atoms with Crippen molar-refractivity contribution < 1.29 is 4.79 Å². The molecule has 0 heterocycles. The van der Waals surface area contributed by atoms with Crippen LogP contribution in [0.4, 0.5) is 0 Å². The minimum atomic E-state index is 0.190. The Labute approximate surface area is 123 Å². The summed E-state index contributed by atoms with van der Waals surface area (Å²) in [7, 11) is 0. The van der Waals surface area contributed by atoms with Crippen molar-refractivity contribution in [1.82, 2.24) is 10.2 Å². The SMILES string of the molecule is CCN(C(=O)CN[C@H](C)c1ccc(Br)cc1)C1CC1. The van der Waals surface area contributed by atoms with E-state index in [1.54, 1.807) is 0 Å². The molecule has 1 aromatic rings. The summed E-state index contributed by atoms with van der Waals surface area (Å²) < 4.78 is 1.07. The van der Waals surface area contributed by atoms with Gasteiger partial charge in [-0.3, -0.25) is 4.79 Å². The van der Waals surface area contributed by atoms with Crippen LogP contribution in [0.5, 0.6) is 0 Å². The van der Waals surface area contributed by atoms with Crippen molar-refractivity contribution in [3.8, 4) is 0 Å². The number of nitrogens with zero attached hydrogens (tertiary/aromatic N) is 1. The van der Waals surface area contributed by atoms with Crippen LogP contribution >= 0.6 is 15.9 Å². The van der Waals surface area contributed by atoms with Crippen LogP contribution < -0.4 is 5.32 Å². The molecular formula is C15H21BrN2O. The summed E-state index contributed by atoms with van der Waals surface area (Å²) in [6.45, 7) is 5.37. The van der Waals surface area contributed by atoms with Crippen molar-refractivity contribution in [3.63, 3.8) is 0 Å². The van der Waals surface area contributed by atoms with Crippen LogP contribution in [0.2, 0.25) is 0 Å². The molecule has 4 heteroatoms. The Morgan fingerprint density at radius 1 is 1.42 bits per heavy atom. The molecule has 2 rings (SSSR count). The highest BCUT2D eigenvalue weighted by molar-refractivity contribution is 9.10. The maximum Gasteiger partial charge on any atom is 0.236 e. The van der Waals surface area contributed by atoms with E-state index in [4.69, 9.17) is 0 Å². The first kappa shape index (κ1) is 14.5. The van der Waals surface area contributed by atoms with E-state index in [2.05, 4.69) is 40.3 Å². The van der Waals surface area contributed by atoms with E-state index >= 15 is 0 Å². The maximum atomic E-state index is 12.1. The lowest BCUT2D eigenvalue weighted by Gasteiger charge is -2.22. The quantitative estimate of drug-likeness (QED) is 0.872. The van der Waals surface area contributed by atoms with Crippen LogP contribution in [0.25, 0.3) is 0 Å². The molecular weight excluding hydrogens is 304 g/mol. The van der Waals surface area contributed by atoms with Gasteiger partial charge in [0.05, 0.1) is 6.54 Å². The van der Waals surface area contributed by atoms with Gasteiger partial charge in [0.2, 0.25) is 5.91 Å². The Balaban J connectivity index is 1.84. The van der Waals surface area contributed by atoms with Gasteiger partial charge in [0.15, 0.2) is 0 Å². The van der Waals surface area contributed by atoms with Gasteiger partial charge in [-0.15, -0.1) is 0 Å².